The van der Waals surface area contributed by atoms with Crippen LogP contribution in [0.2, 0.25) is 0 Å². The highest BCUT2D eigenvalue weighted by Gasteiger charge is 2.41. The van der Waals surface area contributed by atoms with E-state index in [0.717, 1.165) is 28.4 Å². The number of ether oxygens (including phenoxy) is 1. The van der Waals surface area contributed by atoms with Crippen molar-refractivity contribution in [1.29, 1.82) is 0 Å². The molecule has 8 nitrogen and oxygen atoms in total. The summed E-state index contributed by atoms with van der Waals surface area (Å²) < 4.78 is 9.31. The molecule has 1 aliphatic rings. The number of rotatable bonds is 6. The summed E-state index contributed by atoms with van der Waals surface area (Å²) in [5.41, 5.74) is 5.47. The molecule has 1 aliphatic heterocycles. The Morgan fingerprint density at radius 2 is 1.82 bits per heavy atom. The van der Waals surface area contributed by atoms with Gasteiger partial charge in [0, 0.05) is 29.7 Å². The summed E-state index contributed by atoms with van der Waals surface area (Å²) in [6.07, 6.45) is 5.23. The van der Waals surface area contributed by atoms with Crippen LogP contribution in [-0.4, -0.2) is 41.7 Å². The van der Waals surface area contributed by atoms with Gasteiger partial charge in [0.05, 0.1) is 24.9 Å². The molecule has 9 heteroatoms. The molecule has 1 saturated heterocycles. The highest BCUT2D eigenvalue weighted by Crippen LogP contribution is 2.41. The third kappa shape index (κ3) is 3.84. The van der Waals surface area contributed by atoms with Crippen LogP contribution in [0.4, 0.5) is 0 Å². The fourth-order valence-electron chi connectivity index (χ4n) is 4.57. The van der Waals surface area contributed by atoms with E-state index in [1.807, 2.05) is 41.2 Å². The zero-order valence-corrected chi connectivity index (χ0v) is 19.5. The second-order valence-corrected chi connectivity index (χ2v) is 8.47. The Kier molecular flexibility index (Phi) is 5.55. The summed E-state index contributed by atoms with van der Waals surface area (Å²) in [5.74, 6) is 0.835. The zero-order valence-electron chi connectivity index (χ0n) is 18.7. The van der Waals surface area contributed by atoms with E-state index in [2.05, 4.69) is 62.1 Å². The van der Waals surface area contributed by atoms with Crippen molar-refractivity contribution in [1.82, 2.24) is 34.8 Å². The minimum atomic E-state index is -0.0770. The van der Waals surface area contributed by atoms with Crippen molar-refractivity contribution in [2.24, 2.45) is 0 Å². The van der Waals surface area contributed by atoms with Crippen molar-refractivity contribution in [3.8, 4) is 5.75 Å². The van der Waals surface area contributed by atoms with Gasteiger partial charge < -0.3 is 15.0 Å². The lowest BCUT2D eigenvalue weighted by molar-refractivity contribution is 0.309. The Balaban J connectivity index is 1.58. The Bertz CT molecular complexity index is 1250. The van der Waals surface area contributed by atoms with Gasteiger partial charge in [0.15, 0.2) is 5.11 Å². The van der Waals surface area contributed by atoms with E-state index in [0.29, 0.717) is 11.7 Å². The molecule has 2 atom stereocenters. The van der Waals surface area contributed by atoms with E-state index >= 15 is 0 Å². The van der Waals surface area contributed by atoms with E-state index < -0.39 is 0 Å². The van der Waals surface area contributed by atoms with Gasteiger partial charge in [0.2, 0.25) is 0 Å². The van der Waals surface area contributed by atoms with E-state index in [1.54, 1.807) is 19.8 Å². The maximum Gasteiger partial charge on any atom is 0.170 e. The number of pyridine rings is 1. The first kappa shape index (κ1) is 21.1. The summed E-state index contributed by atoms with van der Waals surface area (Å²) in [6.45, 7) is 4.87. The lowest BCUT2D eigenvalue weighted by Crippen LogP contribution is -2.29. The number of hydrogen-bond donors (Lipinski definition) is 1. The predicted molar refractivity (Wildman–Crippen MR) is 129 cm³/mol. The lowest BCUT2D eigenvalue weighted by atomic mass is 9.96. The Labute approximate surface area is 197 Å². The van der Waals surface area contributed by atoms with E-state index in [1.165, 1.54) is 5.56 Å². The van der Waals surface area contributed by atoms with Crippen LogP contribution >= 0.6 is 12.2 Å². The van der Waals surface area contributed by atoms with Crippen molar-refractivity contribution in [2.45, 2.75) is 32.5 Å². The second kappa shape index (κ2) is 8.67. The highest BCUT2D eigenvalue weighted by molar-refractivity contribution is 7.80. The number of benzene rings is 1. The molecule has 3 aromatic heterocycles. The Hall–Kier alpha value is -3.72. The third-order valence-corrected chi connectivity index (χ3v) is 6.45. The van der Waals surface area contributed by atoms with Crippen LogP contribution in [-0.2, 0) is 6.54 Å². The molecule has 1 N–H and O–H groups in total. The minimum absolute atomic E-state index is 0.0362. The summed E-state index contributed by atoms with van der Waals surface area (Å²) in [6, 6.07) is 16.2. The molecule has 1 fully saturated rings. The van der Waals surface area contributed by atoms with Gasteiger partial charge in [0.25, 0.3) is 0 Å². The monoisotopic (exact) mass is 459 g/mol. The predicted octanol–water partition coefficient (Wildman–Crippen LogP) is 3.58. The zero-order chi connectivity index (χ0) is 22.9. The number of thiocarbonyl (C=S) groups is 1. The SMILES string of the molecule is COc1ccc(CN2C(=S)N[C@H](c3ccccn3)[C@@H]2c2cc(C)n(-n3cnnc3)c2C)cc1. The molecule has 5 rings (SSSR count). The van der Waals surface area contributed by atoms with Crippen LogP contribution in [0.5, 0.6) is 5.75 Å². The van der Waals surface area contributed by atoms with Crippen LogP contribution in [0, 0.1) is 13.8 Å². The van der Waals surface area contributed by atoms with Crippen molar-refractivity contribution in [3.05, 3.63) is 95.6 Å². The normalized spacial score (nSPS) is 17.9. The Morgan fingerprint density at radius 1 is 1.06 bits per heavy atom. The molecule has 4 aromatic rings. The largest absolute Gasteiger partial charge is 0.497 e. The van der Waals surface area contributed by atoms with E-state index in [-0.39, 0.29) is 12.1 Å². The van der Waals surface area contributed by atoms with Gasteiger partial charge in [-0.15, -0.1) is 10.2 Å². The molecule has 0 aliphatic carbocycles. The summed E-state index contributed by atoms with van der Waals surface area (Å²) in [4.78, 5) is 6.89. The van der Waals surface area contributed by atoms with Gasteiger partial charge in [-0.2, -0.15) is 0 Å². The summed E-state index contributed by atoms with van der Waals surface area (Å²) >= 11 is 5.84. The van der Waals surface area contributed by atoms with E-state index in [4.69, 9.17) is 17.0 Å². The van der Waals surface area contributed by atoms with E-state index in [9.17, 15) is 0 Å². The van der Waals surface area contributed by atoms with Crippen LogP contribution in [0.1, 0.15) is 40.3 Å². The van der Waals surface area contributed by atoms with Crippen LogP contribution < -0.4 is 10.1 Å². The van der Waals surface area contributed by atoms with Crippen LogP contribution in [0.15, 0.2) is 67.4 Å². The molecule has 0 bridgehead atoms. The molecule has 33 heavy (non-hydrogen) atoms. The standard InChI is InChI=1S/C24H25N7OS/c1-16-12-20(17(2)31(16)29-14-26-27-15-29)23-22(21-6-4-5-11-25-21)28-24(33)30(23)13-18-7-9-19(32-3)10-8-18/h4-12,14-15,22-23H,13H2,1-3H3,(H,28,33)/t22-,23+/m1/s1. The first-order valence-corrected chi connectivity index (χ1v) is 11.1. The molecule has 0 amide bonds. The number of nitrogens with one attached hydrogen (secondary N) is 1. The van der Waals surface area contributed by atoms with Gasteiger partial charge in [-0.25, -0.2) is 4.68 Å². The van der Waals surface area contributed by atoms with Crippen molar-refractivity contribution in [2.75, 3.05) is 7.11 Å². The van der Waals surface area contributed by atoms with Gasteiger partial charge in [-0.3, -0.25) is 9.66 Å². The average Bonchev–Trinajstić information content (AvgIpc) is 3.54. The second-order valence-electron chi connectivity index (χ2n) is 8.08. The lowest BCUT2D eigenvalue weighted by Gasteiger charge is -2.28. The number of aryl methyl sites for hydroxylation is 1. The first-order valence-electron chi connectivity index (χ1n) is 10.7. The average molecular weight is 460 g/mol. The fourth-order valence-corrected chi connectivity index (χ4v) is 4.88. The van der Waals surface area contributed by atoms with Gasteiger partial charge in [-0.1, -0.05) is 18.2 Å². The minimum Gasteiger partial charge on any atom is -0.497 e. The molecule has 0 unspecified atom stereocenters. The molecule has 0 saturated carbocycles. The highest BCUT2D eigenvalue weighted by atomic mass is 32.1. The van der Waals surface area contributed by atoms with Crippen LogP contribution in [0.3, 0.4) is 0 Å². The molecular formula is C24H25N7OS. The summed E-state index contributed by atoms with van der Waals surface area (Å²) in [5, 5.41) is 12.2. The quantitative estimate of drug-likeness (QED) is 0.442. The van der Waals surface area contributed by atoms with Crippen LogP contribution in [0.25, 0.3) is 0 Å². The number of methoxy groups -OCH3 is 1. The molecule has 168 valence electrons. The topological polar surface area (TPSA) is 73.0 Å². The maximum absolute atomic E-state index is 5.84. The van der Waals surface area contributed by atoms with Crippen molar-refractivity contribution in [3.63, 3.8) is 0 Å². The summed E-state index contributed by atoms with van der Waals surface area (Å²) in [7, 11) is 1.67. The molecule has 0 spiro atoms. The van der Waals surface area contributed by atoms with Gasteiger partial charge in [-0.05, 0) is 62.0 Å². The smallest absolute Gasteiger partial charge is 0.170 e. The van der Waals surface area contributed by atoms with Gasteiger partial charge in [0.1, 0.15) is 18.4 Å². The Morgan fingerprint density at radius 3 is 2.48 bits per heavy atom. The van der Waals surface area contributed by atoms with Crippen molar-refractivity contribution >= 4 is 17.3 Å². The first-order chi connectivity index (χ1) is 16.1. The van der Waals surface area contributed by atoms with Crippen molar-refractivity contribution < 1.29 is 4.74 Å². The van der Waals surface area contributed by atoms with Gasteiger partial charge >= 0.3 is 0 Å². The number of nitrogens with zero attached hydrogens (tertiary/aromatic N) is 6. The molecular weight excluding hydrogens is 434 g/mol. The molecule has 1 aromatic carbocycles. The number of aromatic nitrogens is 5. The molecule has 4 heterocycles. The molecule has 0 radical (unpaired) electrons. The fraction of sp³-hybridized carbons (Fsp3) is 0.250. The number of hydrogen-bond acceptors (Lipinski definition) is 5. The third-order valence-electron chi connectivity index (χ3n) is 6.10. The maximum atomic E-state index is 5.84.